The summed E-state index contributed by atoms with van der Waals surface area (Å²) in [4.78, 5) is 12.3. The lowest BCUT2D eigenvalue weighted by Gasteiger charge is -2.09. The number of rotatable bonds is 6. The molecular weight excluding hydrogens is 331 g/mol. The van der Waals surface area contributed by atoms with Gasteiger partial charge in [0.25, 0.3) is 0 Å². The molecule has 26 heavy (non-hydrogen) atoms. The van der Waals surface area contributed by atoms with Crippen molar-refractivity contribution in [2.75, 3.05) is 0 Å². The molecule has 0 spiro atoms. The van der Waals surface area contributed by atoms with E-state index in [1.807, 2.05) is 13.8 Å². The Morgan fingerprint density at radius 1 is 1.00 bits per heavy atom. The highest BCUT2D eigenvalue weighted by Gasteiger charge is 2.06. The minimum atomic E-state index is -0.296. The zero-order valence-corrected chi connectivity index (χ0v) is 14.6. The molecule has 0 saturated heterocycles. The van der Waals surface area contributed by atoms with Gasteiger partial charge in [-0.15, -0.1) is 0 Å². The van der Waals surface area contributed by atoms with Gasteiger partial charge in [-0.2, -0.15) is 0 Å². The second-order valence-electron chi connectivity index (χ2n) is 6.10. The van der Waals surface area contributed by atoms with Crippen molar-refractivity contribution in [1.82, 2.24) is 0 Å². The van der Waals surface area contributed by atoms with E-state index in [9.17, 15) is 9.18 Å². The molecule has 132 valence electrons. The fourth-order valence-corrected chi connectivity index (χ4v) is 2.44. The molecule has 1 aromatic heterocycles. The van der Waals surface area contributed by atoms with Crippen LogP contribution in [0.3, 0.4) is 0 Å². The zero-order valence-electron chi connectivity index (χ0n) is 14.6. The first-order valence-corrected chi connectivity index (χ1v) is 8.36. The lowest BCUT2D eigenvalue weighted by molar-refractivity contribution is 0.104. The normalized spacial score (nSPS) is 11.2. The Morgan fingerprint density at radius 3 is 2.35 bits per heavy atom. The van der Waals surface area contributed by atoms with Crippen LogP contribution >= 0.6 is 0 Å². The van der Waals surface area contributed by atoms with Crippen molar-refractivity contribution in [1.29, 1.82) is 0 Å². The fraction of sp³-hybridized carbons (Fsp3) is 0.136. The quantitative estimate of drug-likeness (QED) is 0.418. The van der Waals surface area contributed by atoms with Crippen molar-refractivity contribution in [2.24, 2.45) is 0 Å². The van der Waals surface area contributed by atoms with Crippen LogP contribution in [-0.4, -0.2) is 11.9 Å². The molecule has 3 nitrogen and oxygen atoms in total. The number of ether oxygens (including phenoxy) is 1. The average molecular weight is 350 g/mol. The third kappa shape index (κ3) is 4.48. The van der Waals surface area contributed by atoms with Crippen LogP contribution in [0.15, 0.2) is 71.2 Å². The molecule has 0 amide bonds. The molecule has 0 N–H and O–H groups in total. The molecule has 0 saturated carbocycles. The molecule has 0 fully saturated rings. The van der Waals surface area contributed by atoms with Gasteiger partial charge in [0.05, 0.1) is 6.10 Å². The molecule has 1 heterocycles. The second-order valence-corrected chi connectivity index (χ2v) is 6.10. The Balaban J connectivity index is 1.67. The summed E-state index contributed by atoms with van der Waals surface area (Å²) in [6.45, 7) is 3.90. The summed E-state index contributed by atoms with van der Waals surface area (Å²) in [5.74, 6) is 1.48. The standard InChI is InChI=1S/C22H19FO3/c1-15(2)25-19-9-5-16(6-10-19)21(24)13-11-20-12-14-22(26-20)17-3-7-18(23)8-4-17/h3-15H,1-2H3. The van der Waals surface area contributed by atoms with E-state index in [0.717, 1.165) is 11.3 Å². The third-order valence-electron chi connectivity index (χ3n) is 3.67. The van der Waals surface area contributed by atoms with Crippen molar-refractivity contribution >= 4 is 11.9 Å². The summed E-state index contributed by atoms with van der Waals surface area (Å²) in [5.41, 5.74) is 1.35. The van der Waals surface area contributed by atoms with Gasteiger partial charge in [-0.25, -0.2) is 4.39 Å². The highest BCUT2D eigenvalue weighted by atomic mass is 19.1. The summed E-state index contributed by atoms with van der Waals surface area (Å²) < 4.78 is 24.2. The van der Waals surface area contributed by atoms with Crippen molar-refractivity contribution in [3.63, 3.8) is 0 Å². The number of ketones is 1. The molecule has 0 unspecified atom stereocenters. The molecule has 0 aliphatic heterocycles. The monoisotopic (exact) mass is 350 g/mol. The number of benzene rings is 2. The molecule has 0 aliphatic rings. The zero-order chi connectivity index (χ0) is 18.5. The molecule has 0 atom stereocenters. The number of hydrogen-bond acceptors (Lipinski definition) is 3. The number of carbonyl (C=O) groups excluding carboxylic acids is 1. The molecule has 2 aromatic carbocycles. The number of furan rings is 1. The smallest absolute Gasteiger partial charge is 0.185 e. The summed E-state index contributed by atoms with van der Waals surface area (Å²) >= 11 is 0. The van der Waals surface area contributed by atoms with Crippen LogP contribution < -0.4 is 4.74 Å². The van der Waals surface area contributed by atoms with Gasteiger partial charge < -0.3 is 9.15 Å². The van der Waals surface area contributed by atoms with Gasteiger partial charge in [-0.05, 0) is 86.7 Å². The van der Waals surface area contributed by atoms with Gasteiger partial charge >= 0.3 is 0 Å². The highest BCUT2D eigenvalue weighted by molar-refractivity contribution is 6.06. The minimum Gasteiger partial charge on any atom is -0.491 e. The minimum absolute atomic E-state index is 0.0886. The van der Waals surface area contributed by atoms with Gasteiger partial charge in [0.2, 0.25) is 0 Å². The molecule has 0 bridgehead atoms. The summed E-state index contributed by atoms with van der Waals surface area (Å²) in [6.07, 6.45) is 3.17. The van der Waals surface area contributed by atoms with Crippen LogP contribution in [-0.2, 0) is 0 Å². The van der Waals surface area contributed by atoms with E-state index in [0.29, 0.717) is 17.1 Å². The van der Waals surface area contributed by atoms with E-state index in [1.165, 1.54) is 18.2 Å². The van der Waals surface area contributed by atoms with Gasteiger partial charge in [0.15, 0.2) is 5.78 Å². The Labute approximate surface area is 151 Å². The van der Waals surface area contributed by atoms with Crippen LogP contribution in [0.4, 0.5) is 4.39 Å². The van der Waals surface area contributed by atoms with Crippen molar-refractivity contribution in [3.05, 3.63) is 83.9 Å². The maximum Gasteiger partial charge on any atom is 0.185 e. The fourth-order valence-electron chi connectivity index (χ4n) is 2.44. The lowest BCUT2D eigenvalue weighted by Crippen LogP contribution is -2.05. The highest BCUT2D eigenvalue weighted by Crippen LogP contribution is 2.23. The SMILES string of the molecule is CC(C)Oc1ccc(C(=O)C=Cc2ccc(-c3ccc(F)cc3)o2)cc1. The predicted molar refractivity (Wildman–Crippen MR) is 99.7 cm³/mol. The van der Waals surface area contributed by atoms with Crippen LogP contribution in [0.5, 0.6) is 5.75 Å². The van der Waals surface area contributed by atoms with Crippen LogP contribution in [0.25, 0.3) is 17.4 Å². The lowest BCUT2D eigenvalue weighted by atomic mass is 10.1. The topological polar surface area (TPSA) is 39.4 Å². The Bertz CT molecular complexity index is 903. The Kier molecular flexibility index (Phi) is 5.32. The summed E-state index contributed by atoms with van der Waals surface area (Å²) in [6, 6.07) is 16.6. The first-order valence-electron chi connectivity index (χ1n) is 8.36. The van der Waals surface area contributed by atoms with Crippen molar-refractivity contribution in [2.45, 2.75) is 20.0 Å². The number of carbonyl (C=O) groups is 1. The van der Waals surface area contributed by atoms with Crippen LogP contribution in [0, 0.1) is 5.82 Å². The molecule has 3 aromatic rings. The molecule has 0 radical (unpaired) electrons. The van der Waals surface area contributed by atoms with Crippen LogP contribution in [0.2, 0.25) is 0 Å². The van der Waals surface area contributed by atoms with Gasteiger partial charge in [0.1, 0.15) is 23.1 Å². The summed E-state index contributed by atoms with van der Waals surface area (Å²) in [5, 5.41) is 0. The van der Waals surface area contributed by atoms with E-state index in [4.69, 9.17) is 9.15 Å². The number of hydrogen-bond donors (Lipinski definition) is 0. The van der Waals surface area contributed by atoms with E-state index in [2.05, 4.69) is 0 Å². The molecular formula is C22H19FO3. The molecule has 4 heteroatoms. The van der Waals surface area contributed by atoms with E-state index < -0.39 is 0 Å². The van der Waals surface area contributed by atoms with E-state index in [1.54, 1.807) is 54.6 Å². The maximum atomic E-state index is 13.0. The number of halogens is 1. The summed E-state index contributed by atoms with van der Waals surface area (Å²) in [7, 11) is 0. The Morgan fingerprint density at radius 2 is 1.69 bits per heavy atom. The average Bonchev–Trinajstić information content (AvgIpc) is 3.09. The first-order chi connectivity index (χ1) is 12.5. The Hall–Kier alpha value is -3.14. The van der Waals surface area contributed by atoms with Crippen molar-refractivity contribution < 1.29 is 18.3 Å². The van der Waals surface area contributed by atoms with Crippen molar-refractivity contribution in [3.8, 4) is 17.1 Å². The third-order valence-corrected chi connectivity index (χ3v) is 3.67. The maximum absolute atomic E-state index is 13.0. The van der Waals surface area contributed by atoms with Crippen LogP contribution in [0.1, 0.15) is 30.0 Å². The van der Waals surface area contributed by atoms with E-state index >= 15 is 0 Å². The number of allylic oxidation sites excluding steroid dienone is 1. The van der Waals surface area contributed by atoms with E-state index in [-0.39, 0.29) is 17.7 Å². The molecule has 3 rings (SSSR count). The van der Waals surface area contributed by atoms with Gasteiger partial charge in [-0.3, -0.25) is 4.79 Å². The second kappa shape index (κ2) is 7.83. The van der Waals surface area contributed by atoms with Gasteiger partial charge in [-0.1, -0.05) is 0 Å². The largest absolute Gasteiger partial charge is 0.491 e. The van der Waals surface area contributed by atoms with Gasteiger partial charge in [0, 0.05) is 11.1 Å². The predicted octanol–water partition coefficient (Wildman–Crippen LogP) is 5.77. The first kappa shape index (κ1) is 17.7. The molecule has 0 aliphatic carbocycles.